The van der Waals surface area contributed by atoms with Crippen LogP contribution in [0, 0.1) is 10.1 Å². The van der Waals surface area contributed by atoms with Gasteiger partial charge in [0.2, 0.25) is 0 Å². The minimum absolute atomic E-state index is 0.111. The van der Waals surface area contributed by atoms with Crippen LogP contribution in [0.3, 0.4) is 0 Å². The van der Waals surface area contributed by atoms with Crippen LogP contribution >= 0.6 is 0 Å². The highest BCUT2D eigenvalue weighted by molar-refractivity contribution is 5.90. The van der Waals surface area contributed by atoms with E-state index >= 15 is 0 Å². The molecule has 1 aromatic carbocycles. The molecule has 1 aliphatic heterocycles. The third-order valence-corrected chi connectivity index (χ3v) is 4.39. The molecule has 0 aliphatic carbocycles. The minimum atomic E-state index is -0.559. The molecule has 12 heteroatoms. The molecule has 29 heavy (non-hydrogen) atoms. The predicted octanol–water partition coefficient (Wildman–Crippen LogP) is 1.98. The van der Waals surface area contributed by atoms with E-state index in [1.807, 2.05) is 0 Å². The topological polar surface area (TPSA) is 141 Å². The van der Waals surface area contributed by atoms with Crippen molar-refractivity contribution in [2.45, 2.75) is 6.04 Å². The normalized spacial score (nSPS) is 16.6. The number of nitro benzene ring substituents is 1. The lowest BCUT2D eigenvalue weighted by Crippen LogP contribution is -2.45. The number of rotatable bonds is 4. The van der Waals surface area contributed by atoms with Gasteiger partial charge in [0.1, 0.15) is 6.04 Å². The van der Waals surface area contributed by atoms with Gasteiger partial charge in [-0.25, -0.2) is 4.79 Å². The highest BCUT2D eigenvalue weighted by atomic mass is 16.6. The molecule has 3 heterocycles. The number of amides is 2. The molecule has 3 aromatic rings. The van der Waals surface area contributed by atoms with E-state index in [0.29, 0.717) is 30.2 Å². The summed E-state index contributed by atoms with van der Waals surface area (Å²) >= 11 is 0. The number of nitrogens with zero attached hydrogens (tertiary/aromatic N) is 6. The first-order chi connectivity index (χ1) is 14.0. The molecule has 1 N–H and O–H groups in total. The first-order valence-electron chi connectivity index (χ1n) is 8.74. The van der Waals surface area contributed by atoms with Gasteiger partial charge in [0, 0.05) is 37.6 Å². The molecule has 0 bridgehead atoms. The van der Waals surface area contributed by atoms with E-state index in [0.717, 1.165) is 0 Å². The molecule has 1 fully saturated rings. The monoisotopic (exact) mass is 399 g/mol. The van der Waals surface area contributed by atoms with Crippen molar-refractivity contribution >= 4 is 17.4 Å². The number of carbonyl (C=O) groups is 1. The number of anilines is 1. The largest absolute Gasteiger partial charge is 0.377 e. The van der Waals surface area contributed by atoms with Gasteiger partial charge in [-0.05, 0) is 6.07 Å². The molecule has 1 unspecified atom stereocenters. The molecule has 0 spiro atoms. The fraction of sp³-hybridized carbons (Fsp3) is 0.294. The molecule has 0 saturated carbocycles. The van der Waals surface area contributed by atoms with E-state index in [2.05, 4.69) is 20.6 Å². The van der Waals surface area contributed by atoms with Gasteiger partial charge in [0.25, 0.3) is 11.6 Å². The highest BCUT2D eigenvalue weighted by Crippen LogP contribution is 2.26. The van der Waals surface area contributed by atoms with Crippen LogP contribution in [0.25, 0.3) is 11.5 Å². The summed E-state index contributed by atoms with van der Waals surface area (Å²) in [4.78, 5) is 29.1. The maximum absolute atomic E-state index is 12.8. The van der Waals surface area contributed by atoms with Crippen molar-refractivity contribution in [3.05, 3.63) is 52.6 Å². The zero-order valence-electron chi connectivity index (χ0n) is 15.4. The number of aryl methyl sites for hydroxylation is 1. The fourth-order valence-electron chi connectivity index (χ4n) is 2.97. The molecule has 2 amide bonds. The van der Waals surface area contributed by atoms with E-state index in [1.165, 1.54) is 23.1 Å². The average Bonchev–Trinajstić information content (AvgIpc) is 3.37. The SMILES string of the molecule is Cn1cc(-c2nc(C3COCCN3C(=O)Nc3cccc([N+](=O)[O-])c3)no2)cn1. The third-order valence-electron chi connectivity index (χ3n) is 4.39. The Bertz CT molecular complexity index is 1050. The Labute approximate surface area is 164 Å². The van der Waals surface area contributed by atoms with Crippen molar-refractivity contribution in [2.75, 3.05) is 25.1 Å². The standard InChI is InChI=1S/C17H17N7O5/c1-22-9-11(8-18-22)16-20-15(21-29-16)14-10-28-6-5-23(14)17(25)19-12-3-2-4-13(7-12)24(26)27/h2-4,7-9,14H,5-6,10H2,1H3,(H,19,25). The van der Waals surface area contributed by atoms with Crippen molar-refractivity contribution < 1.29 is 19.0 Å². The van der Waals surface area contributed by atoms with Crippen molar-refractivity contribution in [3.63, 3.8) is 0 Å². The second-order valence-electron chi connectivity index (χ2n) is 6.38. The van der Waals surface area contributed by atoms with Crippen LogP contribution < -0.4 is 5.32 Å². The number of carbonyl (C=O) groups excluding carboxylic acids is 1. The Morgan fingerprint density at radius 3 is 3.03 bits per heavy atom. The number of hydrogen-bond donors (Lipinski definition) is 1. The summed E-state index contributed by atoms with van der Waals surface area (Å²) in [7, 11) is 1.77. The predicted molar refractivity (Wildman–Crippen MR) is 98.9 cm³/mol. The Morgan fingerprint density at radius 1 is 1.41 bits per heavy atom. The summed E-state index contributed by atoms with van der Waals surface area (Å²) < 4.78 is 12.4. The van der Waals surface area contributed by atoms with Gasteiger partial charge in [-0.3, -0.25) is 14.8 Å². The maximum Gasteiger partial charge on any atom is 0.322 e. The molecule has 12 nitrogen and oxygen atoms in total. The van der Waals surface area contributed by atoms with Crippen LogP contribution in [0.2, 0.25) is 0 Å². The van der Waals surface area contributed by atoms with Crippen molar-refractivity contribution in [1.82, 2.24) is 24.8 Å². The van der Waals surface area contributed by atoms with E-state index in [9.17, 15) is 14.9 Å². The lowest BCUT2D eigenvalue weighted by molar-refractivity contribution is -0.384. The van der Waals surface area contributed by atoms with Crippen LogP contribution in [0.4, 0.5) is 16.2 Å². The number of nitro groups is 1. The summed E-state index contributed by atoms with van der Waals surface area (Å²) in [5.41, 5.74) is 0.870. The molecule has 1 saturated heterocycles. The number of nitrogens with one attached hydrogen (secondary N) is 1. The van der Waals surface area contributed by atoms with Gasteiger partial charge in [0.05, 0.1) is 29.9 Å². The number of ether oxygens (including phenoxy) is 1. The van der Waals surface area contributed by atoms with Gasteiger partial charge in [-0.2, -0.15) is 10.1 Å². The van der Waals surface area contributed by atoms with Gasteiger partial charge in [0.15, 0.2) is 5.82 Å². The van der Waals surface area contributed by atoms with Crippen LogP contribution in [-0.2, 0) is 11.8 Å². The molecule has 1 atom stereocenters. The Morgan fingerprint density at radius 2 is 2.28 bits per heavy atom. The number of urea groups is 1. The molecular weight excluding hydrogens is 382 g/mol. The Hall–Kier alpha value is -3.80. The smallest absolute Gasteiger partial charge is 0.322 e. The van der Waals surface area contributed by atoms with Crippen molar-refractivity contribution in [3.8, 4) is 11.5 Å². The van der Waals surface area contributed by atoms with Crippen LogP contribution in [-0.4, -0.2) is 55.5 Å². The first kappa shape index (κ1) is 18.6. The molecule has 0 radical (unpaired) electrons. The number of benzene rings is 1. The minimum Gasteiger partial charge on any atom is -0.377 e. The zero-order valence-corrected chi connectivity index (χ0v) is 15.4. The van der Waals surface area contributed by atoms with Gasteiger partial charge < -0.3 is 19.5 Å². The molecular formula is C17H17N7O5. The van der Waals surface area contributed by atoms with E-state index < -0.39 is 17.0 Å². The second-order valence-corrected chi connectivity index (χ2v) is 6.38. The van der Waals surface area contributed by atoms with E-state index in [1.54, 1.807) is 30.2 Å². The highest BCUT2D eigenvalue weighted by Gasteiger charge is 2.32. The van der Waals surface area contributed by atoms with Crippen LogP contribution in [0.1, 0.15) is 11.9 Å². The average molecular weight is 399 g/mol. The maximum atomic E-state index is 12.8. The van der Waals surface area contributed by atoms with Crippen molar-refractivity contribution in [1.29, 1.82) is 0 Å². The van der Waals surface area contributed by atoms with Crippen LogP contribution in [0.15, 0.2) is 41.2 Å². The summed E-state index contributed by atoms with van der Waals surface area (Å²) in [6.07, 6.45) is 3.34. The molecule has 4 rings (SSSR count). The lowest BCUT2D eigenvalue weighted by atomic mass is 10.2. The lowest BCUT2D eigenvalue weighted by Gasteiger charge is -2.33. The second kappa shape index (κ2) is 7.67. The summed E-state index contributed by atoms with van der Waals surface area (Å²) in [5, 5.41) is 21.7. The van der Waals surface area contributed by atoms with Crippen molar-refractivity contribution in [2.24, 2.45) is 7.05 Å². The Kier molecular flexibility index (Phi) is 4.91. The van der Waals surface area contributed by atoms with Gasteiger partial charge in [-0.15, -0.1) is 0 Å². The molecule has 150 valence electrons. The summed E-state index contributed by atoms with van der Waals surface area (Å²) in [6, 6.07) is 4.73. The molecule has 2 aromatic heterocycles. The fourth-order valence-corrected chi connectivity index (χ4v) is 2.97. The third kappa shape index (κ3) is 3.91. The van der Waals surface area contributed by atoms with Gasteiger partial charge in [-0.1, -0.05) is 11.2 Å². The number of aromatic nitrogens is 4. The van der Waals surface area contributed by atoms with E-state index in [-0.39, 0.29) is 18.2 Å². The zero-order chi connectivity index (χ0) is 20.4. The quantitative estimate of drug-likeness (QED) is 0.518. The van der Waals surface area contributed by atoms with Crippen LogP contribution in [0.5, 0.6) is 0 Å². The number of non-ortho nitro benzene ring substituents is 1. The number of morpholine rings is 1. The molecule has 1 aliphatic rings. The van der Waals surface area contributed by atoms with E-state index in [4.69, 9.17) is 9.26 Å². The van der Waals surface area contributed by atoms with Gasteiger partial charge >= 0.3 is 6.03 Å². The first-order valence-corrected chi connectivity index (χ1v) is 8.74. The Balaban J connectivity index is 1.53. The number of hydrogen-bond acceptors (Lipinski definition) is 8. The summed E-state index contributed by atoms with van der Waals surface area (Å²) in [6.45, 7) is 0.864. The summed E-state index contributed by atoms with van der Waals surface area (Å²) in [5.74, 6) is 0.593.